The molecule has 1 heterocycles. The maximum Gasteiger partial charge on any atom is 0.145 e. The van der Waals surface area contributed by atoms with Crippen LogP contribution in [0.25, 0.3) is 16.7 Å². The van der Waals surface area contributed by atoms with Gasteiger partial charge in [0.2, 0.25) is 0 Å². The van der Waals surface area contributed by atoms with Gasteiger partial charge in [0.25, 0.3) is 0 Å². The van der Waals surface area contributed by atoms with Crippen LogP contribution in [0.15, 0.2) is 30.3 Å². The fourth-order valence-electron chi connectivity index (χ4n) is 2.56. The summed E-state index contributed by atoms with van der Waals surface area (Å²) in [5.41, 5.74) is 3.90. The van der Waals surface area contributed by atoms with Crippen molar-refractivity contribution in [1.29, 1.82) is 0 Å². The van der Waals surface area contributed by atoms with Crippen LogP contribution in [0.2, 0.25) is 5.02 Å². The van der Waals surface area contributed by atoms with E-state index in [1.54, 1.807) is 16.8 Å². The Labute approximate surface area is 134 Å². The highest BCUT2D eigenvalue weighted by Gasteiger charge is 2.22. The molecule has 4 nitrogen and oxygen atoms in total. The first-order valence-electron chi connectivity index (χ1n) is 7.13. The molecule has 0 radical (unpaired) electrons. The first-order valence-corrected chi connectivity index (χ1v) is 7.50. The van der Waals surface area contributed by atoms with Gasteiger partial charge in [0, 0.05) is 10.6 Å². The fraction of sp³-hybridized carbons (Fsp3) is 0.294. The minimum Gasteiger partial charge on any atom is -0.505 e. The second-order valence-corrected chi connectivity index (χ2v) is 7.00. The van der Waals surface area contributed by atoms with Crippen LogP contribution in [-0.4, -0.2) is 20.1 Å². The molecule has 0 saturated heterocycles. The topological polar surface area (TPSA) is 50.9 Å². The zero-order valence-corrected chi connectivity index (χ0v) is 13.8. The van der Waals surface area contributed by atoms with Crippen molar-refractivity contribution in [3.05, 3.63) is 46.5 Å². The number of aromatic nitrogens is 3. The maximum absolute atomic E-state index is 10.7. The van der Waals surface area contributed by atoms with E-state index >= 15 is 0 Å². The lowest BCUT2D eigenvalue weighted by Gasteiger charge is -2.22. The Balaban J connectivity index is 2.31. The lowest BCUT2D eigenvalue weighted by Crippen LogP contribution is -2.13. The molecule has 22 heavy (non-hydrogen) atoms. The average molecular weight is 316 g/mol. The predicted octanol–water partition coefficient (Wildman–Crippen LogP) is 4.39. The number of hydrogen-bond donors (Lipinski definition) is 1. The van der Waals surface area contributed by atoms with Crippen molar-refractivity contribution in [2.24, 2.45) is 0 Å². The van der Waals surface area contributed by atoms with Gasteiger partial charge in [-0.1, -0.05) is 43.7 Å². The van der Waals surface area contributed by atoms with Gasteiger partial charge in [-0.25, -0.2) is 4.68 Å². The van der Waals surface area contributed by atoms with Crippen LogP contribution in [0.5, 0.6) is 5.75 Å². The third kappa shape index (κ3) is 2.44. The van der Waals surface area contributed by atoms with E-state index in [0.29, 0.717) is 10.7 Å². The van der Waals surface area contributed by atoms with Crippen molar-refractivity contribution in [1.82, 2.24) is 15.0 Å². The van der Waals surface area contributed by atoms with Gasteiger partial charge in [0.05, 0.1) is 5.52 Å². The third-order valence-electron chi connectivity index (χ3n) is 3.68. The summed E-state index contributed by atoms with van der Waals surface area (Å²) in [5.74, 6) is 0.227. The normalized spacial score (nSPS) is 12.0. The van der Waals surface area contributed by atoms with Gasteiger partial charge in [0.1, 0.15) is 17.0 Å². The summed E-state index contributed by atoms with van der Waals surface area (Å²) in [4.78, 5) is 0. The Morgan fingerprint density at radius 3 is 2.55 bits per heavy atom. The van der Waals surface area contributed by atoms with Gasteiger partial charge >= 0.3 is 0 Å². The zero-order valence-electron chi connectivity index (χ0n) is 13.1. The van der Waals surface area contributed by atoms with Crippen LogP contribution < -0.4 is 0 Å². The molecule has 3 rings (SSSR count). The molecular weight excluding hydrogens is 298 g/mol. The molecule has 0 spiro atoms. The molecule has 2 aromatic carbocycles. The number of aryl methyl sites for hydroxylation is 1. The maximum atomic E-state index is 10.7. The standard InChI is InChI=1S/C17H18ClN3O/c1-10-7-12(17(2,3)4)16(22)15(8-10)21-14-9-11(18)5-6-13(14)19-20-21/h5-9,22H,1-4H3. The number of aromatic hydroxyl groups is 1. The van der Waals surface area contributed by atoms with Gasteiger partial charge < -0.3 is 5.11 Å². The van der Waals surface area contributed by atoms with E-state index in [9.17, 15) is 5.11 Å². The van der Waals surface area contributed by atoms with Crippen molar-refractivity contribution in [3.8, 4) is 11.4 Å². The average Bonchev–Trinajstić information content (AvgIpc) is 2.82. The minimum absolute atomic E-state index is 0.168. The van der Waals surface area contributed by atoms with Crippen molar-refractivity contribution in [3.63, 3.8) is 0 Å². The molecule has 0 aliphatic rings. The fourth-order valence-corrected chi connectivity index (χ4v) is 2.73. The van der Waals surface area contributed by atoms with Gasteiger partial charge in [-0.15, -0.1) is 5.10 Å². The predicted molar refractivity (Wildman–Crippen MR) is 89.0 cm³/mol. The van der Waals surface area contributed by atoms with Crippen LogP contribution in [0.4, 0.5) is 0 Å². The lowest BCUT2D eigenvalue weighted by atomic mass is 9.85. The molecule has 0 atom stereocenters. The number of benzene rings is 2. The van der Waals surface area contributed by atoms with E-state index in [2.05, 4.69) is 31.1 Å². The molecule has 3 aromatic rings. The number of phenols is 1. The van der Waals surface area contributed by atoms with Gasteiger partial charge in [-0.2, -0.15) is 0 Å². The Hall–Kier alpha value is -2.07. The summed E-state index contributed by atoms with van der Waals surface area (Å²) in [7, 11) is 0. The number of rotatable bonds is 1. The third-order valence-corrected chi connectivity index (χ3v) is 3.91. The zero-order chi connectivity index (χ0) is 16.1. The molecule has 114 valence electrons. The van der Waals surface area contributed by atoms with Crippen LogP contribution in [-0.2, 0) is 5.41 Å². The molecule has 0 bridgehead atoms. The Morgan fingerprint density at radius 1 is 1.14 bits per heavy atom. The van der Waals surface area contributed by atoms with Crippen LogP contribution in [0, 0.1) is 6.92 Å². The van der Waals surface area contributed by atoms with Crippen molar-refractivity contribution in [2.75, 3.05) is 0 Å². The second-order valence-electron chi connectivity index (χ2n) is 6.56. The van der Waals surface area contributed by atoms with Crippen LogP contribution in [0.3, 0.4) is 0 Å². The largest absolute Gasteiger partial charge is 0.505 e. The van der Waals surface area contributed by atoms with Crippen LogP contribution in [0.1, 0.15) is 31.9 Å². The van der Waals surface area contributed by atoms with Crippen LogP contribution >= 0.6 is 11.6 Å². The van der Waals surface area contributed by atoms with E-state index in [1.807, 2.05) is 25.1 Å². The van der Waals surface area contributed by atoms with E-state index in [1.165, 1.54) is 0 Å². The van der Waals surface area contributed by atoms with Crippen molar-refractivity contribution in [2.45, 2.75) is 33.1 Å². The number of hydrogen-bond acceptors (Lipinski definition) is 3. The lowest BCUT2D eigenvalue weighted by molar-refractivity contribution is 0.442. The molecule has 1 N–H and O–H groups in total. The molecule has 0 fully saturated rings. The SMILES string of the molecule is Cc1cc(-n2nnc3ccc(Cl)cc32)c(O)c(C(C)(C)C)c1. The van der Waals surface area contributed by atoms with Gasteiger partial charge in [-0.05, 0) is 42.2 Å². The monoisotopic (exact) mass is 315 g/mol. The quantitative estimate of drug-likeness (QED) is 0.724. The Kier molecular flexibility index (Phi) is 3.37. The summed E-state index contributed by atoms with van der Waals surface area (Å²) in [6.45, 7) is 8.22. The first kappa shape index (κ1) is 14.9. The van der Waals surface area contributed by atoms with Crippen molar-refractivity contribution >= 4 is 22.6 Å². The smallest absolute Gasteiger partial charge is 0.145 e. The Morgan fingerprint density at radius 2 is 1.86 bits per heavy atom. The summed E-state index contributed by atoms with van der Waals surface area (Å²) in [5, 5.41) is 19.7. The number of phenolic OH excluding ortho intramolecular Hbond substituents is 1. The highest BCUT2D eigenvalue weighted by molar-refractivity contribution is 6.31. The first-order chi connectivity index (χ1) is 10.3. The van der Waals surface area contributed by atoms with E-state index in [-0.39, 0.29) is 11.2 Å². The Bertz CT molecular complexity index is 862. The van der Waals surface area contributed by atoms with Gasteiger partial charge in [0.15, 0.2) is 0 Å². The summed E-state index contributed by atoms with van der Waals surface area (Å²) in [6, 6.07) is 9.30. The summed E-state index contributed by atoms with van der Waals surface area (Å²) >= 11 is 6.08. The minimum atomic E-state index is -0.168. The highest BCUT2D eigenvalue weighted by Crippen LogP contribution is 2.37. The molecule has 5 heteroatoms. The van der Waals surface area contributed by atoms with E-state index in [0.717, 1.165) is 22.2 Å². The highest BCUT2D eigenvalue weighted by atomic mass is 35.5. The van der Waals surface area contributed by atoms with E-state index in [4.69, 9.17) is 11.6 Å². The molecular formula is C17H18ClN3O. The number of nitrogens with zero attached hydrogens (tertiary/aromatic N) is 3. The second kappa shape index (κ2) is 4.99. The molecule has 0 amide bonds. The molecule has 0 aliphatic carbocycles. The molecule has 1 aromatic heterocycles. The van der Waals surface area contributed by atoms with Gasteiger partial charge in [-0.3, -0.25) is 0 Å². The number of halogens is 1. The summed E-state index contributed by atoms with van der Waals surface area (Å²) < 4.78 is 1.64. The van der Waals surface area contributed by atoms with E-state index < -0.39 is 0 Å². The molecule has 0 aliphatic heterocycles. The molecule has 0 saturated carbocycles. The van der Waals surface area contributed by atoms with Crippen molar-refractivity contribution < 1.29 is 5.11 Å². The number of fused-ring (bicyclic) bond motifs is 1. The summed E-state index contributed by atoms with van der Waals surface area (Å²) in [6.07, 6.45) is 0. The molecule has 0 unspecified atom stereocenters.